The van der Waals surface area contributed by atoms with Crippen LogP contribution in [-0.4, -0.2) is 56.2 Å². The molecule has 0 saturated carbocycles. The Kier molecular flexibility index (Phi) is 4.17. The molecule has 2 aliphatic rings. The third-order valence-electron chi connectivity index (χ3n) is 4.68. The van der Waals surface area contributed by atoms with E-state index >= 15 is 0 Å². The van der Waals surface area contributed by atoms with Crippen molar-refractivity contribution in [1.82, 2.24) is 24.8 Å². The van der Waals surface area contributed by atoms with Crippen molar-refractivity contribution in [2.24, 2.45) is 0 Å². The Balaban J connectivity index is 1.35. The number of amides is 2. The molecule has 2 aromatic rings. The van der Waals surface area contributed by atoms with Gasteiger partial charge in [-0.1, -0.05) is 22.9 Å². The van der Waals surface area contributed by atoms with Crippen LogP contribution in [-0.2, 0) is 11.3 Å². The van der Waals surface area contributed by atoms with Gasteiger partial charge < -0.3 is 9.80 Å². The Morgan fingerprint density at radius 3 is 2.88 bits per heavy atom. The maximum absolute atomic E-state index is 12.4. The first kappa shape index (κ1) is 16.1. The highest BCUT2D eigenvalue weighted by molar-refractivity contribution is 6.30. The van der Waals surface area contributed by atoms with Crippen molar-refractivity contribution in [1.29, 1.82) is 0 Å². The smallest absolute Gasteiger partial charge is 0.254 e. The molecular formula is C17H18ClN5O2. The minimum atomic E-state index is -0.0262. The Hall–Kier alpha value is -2.41. The van der Waals surface area contributed by atoms with Crippen LogP contribution >= 0.6 is 11.6 Å². The fourth-order valence-electron chi connectivity index (χ4n) is 3.22. The number of carbonyl (C=O) groups excluding carboxylic acids is 2. The van der Waals surface area contributed by atoms with Crippen LogP contribution in [0.25, 0.3) is 0 Å². The average Bonchev–Trinajstić information content (AvgIpc) is 3.16. The molecule has 1 aromatic carbocycles. The molecule has 2 aliphatic heterocycles. The van der Waals surface area contributed by atoms with Gasteiger partial charge in [0, 0.05) is 36.6 Å². The van der Waals surface area contributed by atoms with Crippen molar-refractivity contribution >= 4 is 23.4 Å². The summed E-state index contributed by atoms with van der Waals surface area (Å²) < 4.78 is 1.79. The summed E-state index contributed by atoms with van der Waals surface area (Å²) in [4.78, 5) is 27.7. The third kappa shape index (κ3) is 3.24. The summed E-state index contributed by atoms with van der Waals surface area (Å²) in [5.41, 5.74) is 1.38. The lowest BCUT2D eigenvalue weighted by atomic mass is 10.1. The molecule has 25 heavy (non-hydrogen) atoms. The van der Waals surface area contributed by atoms with E-state index in [9.17, 15) is 9.59 Å². The van der Waals surface area contributed by atoms with E-state index in [-0.39, 0.29) is 17.9 Å². The van der Waals surface area contributed by atoms with Gasteiger partial charge in [0.25, 0.3) is 5.91 Å². The lowest BCUT2D eigenvalue weighted by molar-refractivity contribution is -0.128. The molecule has 0 atom stereocenters. The first-order valence-corrected chi connectivity index (χ1v) is 8.71. The van der Waals surface area contributed by atoms with Crippen LogP contribution in [0.1, 0.15) is 34.9 Å². The molecule has 2 saturated heterocycles. The van der Waals surface area contributed by atoms with Gasteiger partial charge in [0.1, 0.15) is 5.69 Å². The van der Waals surface area contributed by atoms with Gasteiger partial charge in [-0.2, -0.15) is 0 Å². The molecule has 8 heteroatoms. The maximum atomic E-state index is 12.4. The number of hydrogen-bond acceptors (Lipinski definition) is 4. The molecule has 2 fully saturated rings. The Morgan fingerprint density at radius 1 is 1.32 bits per heavy atom. The molecule has 2 amide bonds. The van der Waals surface area contributed by atoms with E-state index in [4.69, 9.17) is 11.6 Å². The molecule has 0 spiro atoms. The minimum absolute atomic E-state index is 0.0262. The number of rotatable bonds is 4. The van der Waals surface area contributed by atoms with Crippen molar-refractivity contribution in [3.63, 3.8) is 0 Å². The van der Waals surface area contributed by atoms with E-state index < -0.39 is 0 Å². The fraction of sp³-hybridized carbons (Fsp3) is 0.412. The van der Waals surface area contributed by atoms with E-state index in [1.807, 2.05) is 11.1 Å². The van der Waals surface area contributed by atoms with Gasteiger partial charge in [0.2, 0.25) is 5.91 Å². The van der Waals surface area contributed by atoms with Crippen LogP contribution in [0.4, 0.5) is 0 Å². The van der Waals surface area contributed by atoms with Gasteiger partial charge in [0.15, 0.2) is 0 Å². The molecule has 0 radical (unpaired) electrons. The molecular weight excluding hydrogens is 342 g/mol. The van der Waals surface area contributed by atoms with E-state index in [0.29, 0.717) is 36.6 Å². The number of benzene rings is 1. The minimum Gasteiger partial charge on any atom is -0.337 e. The largest absolute Gasteiger partial charge is 0.337 e. The van der Waals surface area contributed by atoms with Gasteiger partial charge in [-0.15, -0.1) is 5.10 Å². The highest BCUT2D eigenvalue weighted by Gasteiger charge is 2.33. The Labute approximate surface area is 150 Å². The zero-order chi connectivity index (χ0) is 17.4. The van der Waals surface area contributed by atoms with Gasteiger partial charge in [-0.05, 0) is 24.6 Å². The first-order chi connectivity index (χ1) is 12.1. The number of likely N-dealkylation sites (tertiary alicyclic amines) is 2. The molecule has 4 rings (SSSR count). The van der Waals surface area contributed by atoms with Crippen LogP contribution in [0.5, 0.6) is 0 Å². The SMILES string of the molecule is O=C1CCCN1Cc1cn(C2CN(C(=O)c3cccc(Cl)c3)C2)nn1. The lowest BCUT2D eigenvalue weighted by Gasteiger charge is -2.38. The van der Waals surface area contributed by atoms with Crippen molar-refractivity contribution in [2.45, 2.75) is 25.4 Å². The standard InChI is InChI=1S/C17H18ClN5O2/c18-13-4-1-3-12(7-13)17(25)22-10-15(11-22)23-9-14(19-20-23)8-21-6-2-5-16(21)24/h1,3-4,7,9,15H,2,5-6,8,10-11H2. The summed E-state index contributed by atoms with van der Waals surface area (Å²) in [5.74, 6) is 0.151. The summed E-state index contributed by atoms with van der Waals surface area (Å²) in [5, 5.41) is 8.87. The second-order valence-electron chi connectivity index (χ2n) is 6.48. The average molecular weight is 360 g/mol. The molecule has 0 aliphatic carbocycles. The number of nitrogens with zero attached hydrogens (tertiary/aromatic N) is 5. The highest BCUT2D eigenvalue weighted by atomic mass is 35.5. The van der Waals surface area contributed by atoms with Crippen molar-refractivity contribution < 1.29 is 9.59 Å². The van der Waals surface area contributed by atoms with Crippen LogP contribution in [0.3, 0.4) is 0 Å². The maximum Gasteiger partial charge on any atom is 0.254 e. The van der Waals surface area contributed by atoms with Crippen molar-refractivity contribution in [3.8, 4) is 0 Å². The van der Waals surface area contributed by atoms with Crippen LogP contribution in [0.2, 0.25) is 5.02 Å². The third-order valence-corrected chi connectivity index (χ3v) is 4.91. The summed E-state index contributed by atoms with van der Waals surface area (Å²) in [7, 11) is 0. The summed E-state index contributed by atoms with van der Waals surface area (Å²) in [6.45, 7) is 2.49. The van der Waals surface area contributed by atoms with E-state index in [0.717, 1.165) is 18.7 Å². The molecule has 130 valence electrons. The predicted octanol–water partition coefficient (Wildman–Crippen LogP) is 1.75. The fourth-order valence-corrected chi connectivity index (χ4v) is 3.41. The van der Waals surface area contributed by atoms with E-state index in [1.165, 1.54) is 0 Å². The van der Waals surface area contributed by atoms with Crippen LogP contribution in [0, 0.1) is 0 Å². The van der Waals surface area contributed by atoms with Crippen LogP contribution in [0.15, 0.2) is 30.5 Å². The van der Waals surface area contributed by atoms with Gasteiger partial charge in [-0.25, -0.2) is 4.68 Å². The molecule has 3 heterocycles. The number of hydrogen-bond donors (Lipinski definition) is 0. The molecule has 1 aromatic heterocycles. The quantitative estimate of drug-likeness (QED) is 0.833. The number of carbonyl (C=O) groups is 2. The highest BCUT2D eigenvalue weighted by Crippen LogP contribution is 2.24. The van der Waals surface area contributed by atoms with Crippen molar-refractivity contribution in [3.05, 3.63) is 46.7 Å². The van der Waals surface area contributed by atoms with Crippen molar-refractivity contribution in [2.75, 3.05) is 19.6 Å². The Morgan fingerprint density at radius 2 is 2.16 bits per heavy atom. The second-order valence-corrected chi connectivity index (χ2v) is 6.92. The Bertz CT molecular complexity index is 815. The van der Waals surface area contributed by atoms with Gasteiger partial charge in [-0.3, -0.25) is 9.59 Å². The van der Waals surface area contributed by atoms with Gasteiger partial charge >= 0.3 is 0 Å². The monoisotopic (exact) mass is 359 g/mol. The molecule has 0 unspecified atom stereocenters. The van der Waals surface area contributed by atoms with E-state index in [1.54, 1.807) is 33.8 Å². The first-order valence-electron chi connectivity index (χ1n) is 8.33. The molecule has 0 bridgehead atoms. The lowest BCUT2D eigenvalue weighted by Crippen LogP contribution is -2.50. The topological polar surface area (TPSA) is 71.3 Å². The predicted molar refractivity (Wildman–Crippen MR) is 91.1 cm³/mol. The molecule has 7 nitrogen and oxygen atoms in total. The normalized spacial score (nSPS) is 17.9. The summed E-state index contributed by atoms with van der Waals surface area (Å²) in [6, 6.07) is 7.09. The van der Waals surface area contributed by atoms with E-state index in [2.05, 4.69) is 10.3 Å². The van der Waals surface area contributed by atoms with Crippen LogP contribution < -0.4 is 0 Å². The van der Waals surface area contributed by atoms with Gasteiger partial charge in [0.05, 0.1) is 18.8 Å². The zero-order valence-electron chi connectivity index (χ0n) is 13.6. The zero-order valence-corrected chi connectivity index (χ0v) is 14.4. The summed E-state index contributed by atoms with van der Waals surface area (Å²) in [6.07, 6.45) is 3.41. The second kappa shape index (κ2) is 6.48. The summed E-state index contributed by atoms with van der Waals surface area (Å²) >= 11 is 5.94. The number of halogens is 1. The number of aromatic nitrogens is 3. The molecule has 0 N–H and O–H groups in total.